The van der Waals surface area contributed by atoms with Crippen LogP contribution in [0.5, 0.6) is 0 Å². The summed E-state index contributed by atoms with van der Waals surface area (Å²) in [5, 5.41) is 0. The van der Waals surface area contributed by atoms with Crippen LogP contribution in [0.2, 0.25) is 0 Å². The van der Waals surface area contributed by atoms with Crippen LogP contribution in [0.4, 0.5) is 4.39 Å². The quantitative estimate of drug-likeness (QED) is 0.680. The Morgan fingerprint density at radius 3 is 2.76 bits per heavy atom. The number of ether oxygens (including phenoxy) is 1. The summed E-state index contributed by atoms with van der Waals surface area (Å²) in [4.78, 5) is 15.0. The Morgan fingerprint density at radius 2 is 2.29 bits per heavy atom. The summed E-state index contributed by atoms with van der Waals surface area (Å²) >= 11 is 3.15. The Kier molecular flexibility index (Phi) is 7.26. The number of carbonyl (C=O) groups excluding carboxylic acids is 1. The molecule has 0 spiro atoms. The van der Waals surface area contributed by atoms with Crippen molar-refractivity contribution in [3.05, 3.63) is 28.5 Å². The van der Waals surface area contributed by atoms with Crippen LogP contribution in [-0.4, -0.2) is 23.7 Å². The number of hydrogen-bond acceptors (Lipinski definition) is 4. The number of esters is 1. The molecular formula is C10H13BrClFN2O2. The molecule has 0 amide bonds. The molecule has 0 fully saturated rings. The van der Waals surface area contributed by atoms with E-state index in [1.807, 2.05) is 0 Å². The second-order valence-corrected chi connectivity index (χ2v) is 3.91. The van der Waals surface area contributed by atoms with Gasteiger partial charge in [-0.2, -0.15) is 0 Å². The van der Waals surface area contributed by atoms with Gasteiger partial charge in [-0.05, 0) is 34.5 Å². The first-order valence-electron chi connectivity index (χ1n) is 4.74. The van der Waals surface area contributed by atoms with Crippen LogP contribution in [0.1, 0.15) is 18.5 Å². The normalized spacial score (nSPS) is 13.4. The Balaban J connectivity index is 0.00000256. The molecule has 0 aliphatic rings. The number of alkyl halides is 1. The van der Waals surface area contributed by atoms with Crippen molar-refractivity contribution in [3.8, 4) is 0 Å². The van der Waals surface area contributed by atoms with Crippen LogP contribution >= 0.6 is 28.3 Å². The number of nitrogens with zero attached hydrogens (tertiary/aromatic N) is 1. The van der Waals surface area contributed by atoms with Gasteiger partial charge in [0, 0.05) is 6.20 Å². The first kappa shape index (κ1) is 16.3. The first-order chi connectivity index (χ1) is 7.56. The SMILES string of the molecule is CCOC(=O)C(F)[C@H](N)c1ccc(Br)nc1.Cl. The molecule has 1 heterocycles. The highest BCUT2D eigenvalue weighted by atomic mass is 79.9. The van der Waals surface area contributed by atoms with Crippen LogP contribution < -0.4 is 5.73 Å². The van der Waals surface area contributed by atoms with E-state index >= 15 is 0 Å². The zero-order valence-corrected chi connectivity index (χ0v) is 11.5. The molecule has 2 atom stereocenters. The van der Waals surface area contributed by atoms with E-state index in [4.69, 9.17) is 5.73 Å². The summed E-state index contributed by atoms with van der Waals surface area (Å²) in [6.07, 6.45) is -0.455. The third-order valence-corrected chi connectivity index (χ3v) is 2.43. The van der Waals surface area contributed by atoms with E-state index in [0.29, 0.717) is 10.2 Å². The van der Waals surface area contributed by atoms with Gasteiger partial charge in [0.15, 0.2) is 0 Å². The molecule has 0 aliphatic heterocycles. The van der Waals surface area contributed by atoms with E-state index in [-0.39, 0.29) is 19.0 Å². The maximum Gasteiger partial charge on any atom is 0.342 e. The lowest BCUT2D eigenvalue weighted by Gasteiger charge is -2.15. The van der Waals surface area contributed by atoms with E-state index in [1.54, 1.807) is 19.1 Å². The van der Waals surface area contributed by atoms with Crippen molar-refractivity contribution in [1.82, 2.24) is 4.98 Å². The maximum atomic E-state index is 13.5. The second-order valence-electron chi connectivity index (χ2n) is 3.09. The summed E-state index contributed by atoms with van der Waals surface area (Å²) in [5.41, 5.74) is 6.04. The Hall–Kier alpha value is -0.720. The van der Waals surface area contributed by atoms with Crippen LogP contribution in [0.3, 0.4) is 0 Å². The highest BCUT2D eigenvalue weighted by molar-refractivity contribution is 9.10. The lowest BCUT2D eigenvalue weighted by molar-refractivity contribution is -0.149. The Labute approximate surface area is 113 Å². The zero-order valence-electron chi connectivity index (χ0n) is 9.10. The number of carbonyl (C=O) groups is 1. The van der Waals surface area contributed by atoms with Gasteiger partial charge in [-0.1, -0.05) is 6.07 Å². The number of hydrogen-bond donors (Lipinski definition) is 1. The molecule has 96 valence electrons. The van der Waals surface area contributed by atoms with Crippen molar-refractivity contribution in [1.29, 1.82) is 0 Å². The predicted molar refractivity (Wildman–Crippen MR) is 67.6 cm³/mol. The predicted octanol–water partition coefficient (Wildman–Crippen LogP) is 2.17. The van der Waals surface area contributed by atoms with Crippen LogP contribution in [0.25, 0.3) is 0 Å². The lowest BCUT2D eigenvalue weighted by Crippen LogP contribution is -2.31. The minimum absolute atomic E-state index is 0. The Morgan fingerprint density at radius 1 is 1.65 bits per heavy atom. The molecule has 1 unspecified atom stereocenters. The fourth-order valence-corrected chi connectivity index (χ4v) is 1.36. The van der Waals surface area contributed by atoms with Crippen molar-refractivity contribution in [3.63, 3.8) is 0 Å². The minimum atomic E-state index is -1.87. The highest BCUT2D eigenvalue weighted by Gasteiger charge is 2.27. The summed E-state index contributed by atoms with van der Waals surface area (Å²) < 4.78 is 18.7. The fourth-order valence-electron chi connectivity index (χ4n) is 1.12. The number of nitrogens with two attached hydrogens (primary N) is 1. The molecule has 2 N–H and O–H groups in total. The van der Waals surface area contributed by atoms with Crippen LogP contribution in [-0.2, 0) is 9.53 Å². The van der Waals surface area contributed by atoms with Gasteiger partial charge >= 0.3 is 5.97 Å². The molecule has 0 aromatic carbocycles. The monoisotopic (exact) mass is 326 g/mol. The topological polar surface area (TPSA) is 65.2 Å². The van der Waals surface area contributed by atoms with E-state index in [2.05, 4.69) is 25.7 Å². The third-order valence-electron chi connectivity index (χ3n) is 1.96. The van der Waals surface area contributed by atoms with Crippen molar-refractivity contribution in [2.24, 2.45) is 5.73 Å². The fraction of sp³-hybridized carbons (Fsp3) is 0.400. The van der Waals surface area contributed by atoms with Gasteiger partial charge < -0.3 is 10.5 Å². The van der Waals surface area contributed by atoms with E-state index in [1.165, 1.54) is 6.20 Å². The average molecular weight is 328 g/mol. The van der Waals surface area contributed by atoms with Crippen molar-refractivity contribution >= 4 is 34.3 Å². The lowest BCUT2D eigenvalue weighted by atomic mass is 10.1. The molecule has 0 saturated carbocycles. The first-order valence-corrected chi connectivity index (χ1v) is 5.53. The van der Waals surface area contributed by atoms with E-state index in [9.17, 15) is 9.18 Å². The highest BCUT2D eigenvalue weighted by Crippen LogP contribution is 2.18. The zero-order chi connectivity index (χ0) is 12.1. The van der Waals surface area contributed by atoms with Gasteiger partial charge in [0.05, 0.1) is 12.6 Å². The van der Waals surface area contributed by atoms with Crippen molar-refractivity contribution in [2.45, 2.75) is 19.1 Å². The summed E-state index contributed by atoms with van der Waals surface area (Å²) in [5.74, 6) is -0.946. The van der Waals surface area contributed by atoms with Gasteiger partial charge in [-0.3, -0.25) is 0 Å². The van der Waals surface area contributed by atoms with E-state index < -0.39 is 18.2 Å². The second kappa shape index (κ2) is 7.58. The number of pyridine rings is 1. The molecule has 0 aliphatic carbocycles. The van der Waals surface area contributed by atoms with Crippen molar-refractivity contribution < 1.29 is 13.9 Å². The molecule has 0 bridgehead atoms. The molecule has 7 heteroatoms. The average Bonchev–Trinajstić information content (AvgIpc) is 2.28. The molecular weight excluding hydrogens is 314 g/mol. The van der Waals surface area contributed by atoms with E-state index in [0.717, 1.165) is 0 Å². The molecule has 0 radical (unpaired) electrons. The Bertz CT molecular complexity index is 364. The van der Waals surface area contributed by atoms with Gasteiger partial charge in [0.25, 0.3) is 0 Å². The molecule has 1 aromatic heterocycles. The smallest absolute Gasteiger partial charge is 0.342 e. The summed E-state index contributed by atoms with van der Waals surface area (Å²) in [7, 11) is 0. The maximum absolute atomic E-state index is 13.5. The van der Waals surface area contributed by atoms with Crippen LogP contribution in [0.15, 0.2) is 22.9 Å². The van der Waals surface area contributed by atoms with Crippen molar-refractivity contribution in [2.75, 3.05) is 6.61 Å². The van der Waals surface area contributed by atoms with Gasteiger partial charge in [-0.15, -0.1) is 12.4 Å². The van der Waals surface area contributed by atoms with Gasteiger partial charge in [0.2, 0.25) is 6.17 Å². The molecule has 4 nitrogen and oxygen atoms in total. The van der Waals surface area contributed by atoms with Gasteiger partial charge in [-0.25, -0.2) is 14.2 Å². The number of aromatic nitrogens is 1. The van der Waals surface area contributed by atoms with Gasteiger partial charge in [0.1, 0.15) is 4.60 Å². The molecule has 1 aromatic rings. The van der Waals surface area contributed by atoms with Crippen LogP contribution in [0, 0.1) is 0 Å². The molecule has 0 saturated heterocycles. The minimum Gasteiger partial charge on any atom is -0.464 e. The molecule has 17 heavy (non-hydrogen) atoms. The number of rotatable bonds is 4. The number of halogens is 3. The largest absolute Gasteiger partial charge is 0.464 e. The third kappa shape index (κ3) is 4.57. The summed E-state index contributed by atoms with van der Waals surface area (Å²) in [6.45, 7) is 1.74. The molecule has 1 rings (SSSR count). The summed E-state index contributed by atoms with van der Waals surface area (Å²) in [6, 6.07) is 2.18. The standard InChI is InChI=1S/C10H12BrFN2O2.ClH/c1-2-16-10(15)8(12)9(13)6-3-4-7(11)14-5-6;/h3-5,8-9H,2,13H2,1H3;1H/t8?,9-;/m1./s1.